The average Bonchev–Trinajstić information content (AvgIpc) is 1.57. The number of aryl methyl sites for hydroxylation is 2. The lowest BCUT2D eigenvalue weighted by Gasteiger charge is -2.27. The van der Waals surface area contributed by atoms with E-state index in [1.54, 1.807) is 74.6 Å². The van der Waals surface area contributed by atoms with Crippen molar-refractivity contribution in [2.24, 2.45) is 0 Å². The third kappa shape index (κ3) is 28.1. The number of aromatic nitrogens is 4. The highest BCUT2D eigenvalue weighted by molar-refractivity contribution is 6.11. The minimum absolute atomic E-state index is 0.0118. The molecular formula is C113H110N10O16. The highest BCUT2D eigenvalue weighted by atomic mass is 16.5. The van der Waals surface area contributed by atoms with Gasteiger partial charge in [-0.3, -0.25) is 76.9 Å². The van der Waals surface area contributed by atoms with Gasteiger partial charge in [-0.15, -0.1) is 0 Å². The molecule has 1 aliphatic carbocycles. The van der Waals surface area contributed by atoms with Crippen molar-refractivity contribution in [2.45, 2.75) is 129 Å². The van der Waals surface area contributed by atoms with E-state index >= 15 is 0 Å². The van der Waals surface area contributed by atoms with Gasteiger partial charge >= 0.3 is 11.4 Å². The Morgan fingerprint density at radius 2 is 1.00 bits per heavy atom. The van der Waals surface area contributed by atoms with E-state index in [4.69, 9.17) is 4.74 Å². The predicted octanol–water partition coefficient (Wildman–Crippen LogP) is 15.9. The molecule has 0 atom stereocenters. The Bertz CT molecular complexity index is 6920. The van der Waals surface area contributed by atoms with Crippen molar-refractivity contribution in [2.75, 3.05) is 39.3 Å². The molecule has 10 aromatic carbocycles. The van der Waals surface area contributed by atoms with Crippen LogP contribution in [-0.2, 0) is 73.9 Å². The summed E-state index contributed by atoms with van der Waals surface area (Å²) in [6.07, 6.45) is 26.0. The second-order valence-corrected chi connectivity index (χ2v) is 34.1. The first kappa shape index (κ1) is 100.0. The number of ketones is 5. The molecule has 6 heterocycles. The number of hydrogen-bond donors (Lipinski definition) is 5. The molecule has 139 heavy (non-hydrogen) atoms. The van der Waals surface area contributed by atoms with Crippen LogP contribution in [0.5, 0.6) is 11.5 Å². The summed E-state index contributed by atoms with van der Waals surface area (Å²) in [6, 6.07) is 78.5. The molecule has 5 aliphatic rings. The minimum atomic E-state index is -0.438. The summed E-state index contributed by atoms with van der Waals surface area (Å²) >= 11 is 0. The lowest BCUT2D eigenvalue weighted by Crippen LogP contribution is -2.34. The highest BCUT2D eigenvalue weighted by Crippen LogP contribution is 2.46. The van der Waals surface area contributed by atoms with Crippen LogP contribution in [-0.4, -0.2) is 137 Å². The fraction of sp³-hybridized carbons (Fsp3) is 0.230. The number of carbonyl (C=O) groups is 11. The number of rotatable bonds is 32. The molecule has 12 aromatic rings. The number of H-pyrrole nitrogens is 2. The molecule has 17 rings (SSSR count). The summed E-state index contributed by atoms with van der Waals surface area (Å²) in [5.74, 6) is 0.112. The number of hydrogen-bond acceptors (Lipinski definition) is 16. The third-order valence-corrected chi connectivity index (χ3v) is 24.0. The van der Waals surface area contributed by atoms with Gasteiger partial charge in [0.1, 0.15) is 23.1 Å². The zero-order valence-corrected chi connectivity index (χ0v) is 77.8. The summed E-state index contributed by atoms with van der Waals surface area (Å²) in [5.41, 5.74) is 11.2. The maximum atomic E-state index is 13.1. The second kappa shape index (κ2) is 49.6. The number of unbranched alkanes of at least 4 members (excludes halogenated alkanes) is 3. The molecule has 4 aliphatic heterocycles. The quantitative estimate of drug-likeness (QED) is 0.0149. The van der Waals surface area contributed by atoms with E-state index in [0.29, 0.717) is 107 Å². The molecule has 0 radical (unpaired) electrons. The number of fused-ring (bicyclic) bond motifs is 7. The summed E-state index contributed by atoms with van der Waals surface area (Å²) in [6.45, 7) is 8.67. The number of ether oxygens (including phenoxy) is 1. The number of benzene rings is 10. The van der Waals surface area contributed by atoms with Crippen LogP contribution in [0.3, 0.4) is 0 Å². The molecule has 0 bridgehead atoms. The first-order valence-electron chi connectivity index (χ1n) is 46.5. The van der Waals surface area contributed by atoms with Crippen LogP contribution in [0.15, 0.2) is 347 Å². The molecule has 0 spiro atoms. The van der Waals surface area contributed by atoms with Crippen molar-refractivity contribution in [3.63, 3.8) is 0 Å². The molecule has 0 unspecified atom stereocenters. The standard InChI is InChI=1S/C24H24N2O4.C24H24N2O3.C23H22N2O3.2C21H20N2O3/c1-16-15-26(24(29)25-23(16)28)14-8-2-3-11-19(27)22-17-9-4-6-12-20(17)30-21-13-7-5-10-18(21)22;1-16-15-26(22(28)14-21(16)27)13-7-6-12-25-24(29)23-19-10-4-2-8-17(19)18-9-3-5-11-20(18)23;26-21(9-5-2-6-15-25-16-14-22(27)24-23(25)28)17-18-10-12-20(13-11-18)19-7-3-1-4-8-19;1-15-14-23(20(25)13-19(15)24)12-5-4-11-22-21(26)18-10-6-8-16-7-2-3-9-17(16)18;24-19-9-12-23(21(26)15-19)11-4-3-10-22-20(25)14-16-7-8-17-5-1-2-6-18(17)13-16/h4-7,9-10,12-13,15,22H,2-3,8,11,14H2,1H3,(H,25,28,29);2-5,8-11,15,23H,6-7,12-14H2,1H3,(H,25,29);1-4,6-8,10-14,16H,5,9,15,17H2,(H,24,27,28);2-10,14H,11-13H2,1H3,(H,22,26);1-9,12-13H,10-11,14-15H2,(H,22,25)/b;;6-2-;5-4-;4-3-. The lowest BCUT2D eigenvalue weighted by atomic mass is 9.83. The van der Waals surface area contributed by atoms with Gasteiger partial charge in [-0.25, -0.2) is 9.59 Å². The first-order valence-corrected chi connectivity index (χ1v) is 46.5. The van der Waals surface area contributed by atoms with Crippen molar-refractivity contribution in [1.82, 2.24) is 49.8 Å². The van der Waals surface area contributed by atoms with Gasteiger partial charge in [-0.05, 0) is 143 Å². The van der Waals surface area contributed by atoms with Crippen molar-refractivity contribution in [1.29, 1.82) is 0 Å². The number of aromatic amines is 2. The Labute approximate surface area is 804 Å². The SMILES string of the molecule is CC1=CN(C/C=C\CNC(=O)c2cccc3ccccc23)C(=O)CC1=O.CC1=CN(CCCCNC(=O)C2c3ccccc3-c3ccccc32)C(=O)CC1=O.Cc1cn(CCCCCC(=O)C2c3ccccc3Oc3ccccc32)c(=O)[nH]c1=O.O=C(CC/C=C\Cn1ccc(=O)[nH]c1=O)Cc1ccc(-c2ccccc2)cc1.O=C1C=CN(C/C=C\CNC(=O)Cc2ccc3ccccc3c2)C(=O)C1. The summed E-state index contributed by atoms with van der Waals surface area (Å²) in [5, 5.41) is 13.0. The topological polar surface area (TPSA) is 353 Å². The molecular weight excluding hydrogens is 1750 g/mol. The van der Waals surface area contributed by atoms with E-state index in [0.717, 1.165) is 121 Å². The molecule has 0 saturated heterocycles. The van der Waals surface area contributed by atoms with E-state index in [2.05, 4.69) is 50.2 Å². The highest BCUT2D eigenvalue weighted by Gasteiger charge is 2.35. The van der Waals surface area contributed by atoms with Crippen LogP contribution in [0, 0.1) is 6.92 Å². The van der Waals surface area contributed by atoms with Gasteiger partial charge in [-0.1, -0.05) is 261 Å². The van der Waals surface area contributed by atoms with Gasteiger partial charge in [-0.2, -0.15) is 0 Å². The van der Waals surface area contributed by atoms with Gasteiger partial charge in [0.05, 0.1) is 37.5 Å². The number of carbonyl (C=O) groups excluding carboxylic acids is 11. The average molecular weight is 1860 g/mol. The molecule has 26 nitrogen and oxygen atoms in total. The van der Waals surface area contributed by atoms with Crippen LogP contribution in [0.25, 0.3) is 43.8 Å². The lowest BCUT2D eigenvalue weighted by molar-refractivity contribution is -0.135. The number of nitrogens with zero attached hydrogens (tertiary/aromatic N) is 5. The first-order chi connectivity index (χ1) is 67.4. The van der Waals surface area contributed by atoms with E-state index in [1.165, 1.54) is 43.5 Å². The van der Waals surface area contributed by atoms with E-state index in [-0.39, 0.29) is 101 Å². The van der Waals surface area contributed by atoms with Gasteiger partial charge in [0.25, 0.3) is 17.0 Å². The summed E-state index contributed by atoms with van der Waals surface area (Å²) in [7, 11) is 0. The van der Waals surface area contributed by atoms with Crippen LogP contribution in [0.4, 0.5) is 0 Å². The van der Waals surface area contributed by atoms with Crippen LogP contribution in [0.2, 0.25) is 0 Å². The summed E-state index contributed by atoms with van der Waals surface area (Å²) in [4.78, 5) is 187. The Morgan fingerprint density at radius 1 is 0.439 bits per heavy atom. The van der Waals surface area contributed by atoms with E-state index in [9.17, 15) is 71.9 Å². The molecule has 2 aromatic heterocycles. The zero-order chi connectivity index (χ0) is 98.1. The van der Waals surface area contributed by atoms with E-state index in [1.807, 2.05) is 218 Å². The maximum Gasteiger partial charge on any atom is 0.328 e. The van der Waals surface area contributed by atoms with Crippen LogP contribution in [0.1, 0.15) is 146 Å². The predicted molar refractivity (Wildman–Crippen MR) is 536 cm³/mol. The number of amides is 6. The summed E-state index contributed by atoms with van der Waals surface area (Å²) < 4.78 is 8.88. The molecule has 0 saturated carbocycles. The number of Topliss-reactive ketones (excluding diaryl/α,β-unsaturated/α-hetero) is 4. The van der Waals surface area contributed by atoms with Gasteiger partial charge < -0.3 is 40.0 Å². The minimum Gasteiger partial charge on any atom is -0.457 e. The fourth-order valence-corrected chi connectivity index (χ4v) is 16.6. The normalized spacial score (nSPS) is 13.7. The fourth-order valence-electron chi connectivity index (χ4n) is 16.6. The van der Waals surface area contributed by atoms with Gasteiger partial charge in [0.2, 0.25) is 29.5 Å². The Kier molecular flexibility index (Phi) is 35.7. The molecule has 5 N–H and O–H groups in total. The van der Waals surface area contributed by atoms with Crippen molar-refractivity contribution < 1.29 is 57.5 Å². The van der Waals surface area contributed by atoms with Crippen LogP contribution < -0.4 is 43.2 Å². The van der Waals surface area contributed by atoms with Crippen molar-refractivity contribution in [3.8, 4) is 33.8 Å². The molecule has 26 heteroatoms. The van der Waals surface area contributed by atoms with Gasteiger partial charge in [0, 0.05) is 142 Å². The number of nitrogens with one attached hydrogen (secondary N) is 5. The van der Waals surface area contributed by atoms with Crippen LogP contribution >= 0.6 is 0 Å². The third-order valence-electron chi connectivity index (χ3n) is 24.0. The number of para-hydroxylation sites is 2. The molecule has 0 fully saturated rings. The number of allylic oxidation sites excluding steroid dienone is 5. The second-order valence-electron chi connectivity index (χ2n) is 34.1. The van der Waals surface area contributed by atoms with E-state index < -0.39 is 16.9 Å². The molecule has 6 amide bonds. The zero-order valence-electron chi connectivity index (χ0n) is 77.8. The Morgan fingerprint density at radius 3 is 1.68 bits per heavy atom. The van der Waals surface area contributed by atoms with Crippen molar-refractivity contribution >= 4 is 85.9 Å². The Hall–Kier alpha value is -16.5. The van der Waals surface area contributed by atoms with Crippen molar-refractivity contribution in [3.05, 3.63) is 414 Å². The molecule has 708 valence electrons. The van der Waals surface area contributed by atoms with Gasteiger partial charge in [0.15, 0.2) is 17.3 Å². The monoisotopic (exact) mass is 1860 g/mol. The largest absolute Gasteiger partial charge is 0.457 e. The Balaban J connectivity index is 0.000000147. The maximum absolute atomic E-state index is 13.1. The smallest absolute Gasteiger partial charge is 0.328 e.